The van der Waals surface area contributed by atoms with Crippen molar-refractivity contribution < 1.29 is 14.3 Å². The van der Waals surface area contributed by atoms with Crippen LogP contribution in [-0.4, -0.2) is 51.7 Å². The van der Waals surface area contributed by atoms with Crippen molar-refractivity contribution in [3.05, 3.63) is 52.3 Å². The predicted octanol–water partition coefficient (Wildman–Crippen LogP) is 4.41. The smallest absolute Gasteiger partial charge is 0.228 e. The molecular formula is C23H27ClN4O3S. The van der Waals surface area contributed by atoms with Gasteiger partial charge in [0.25, 0.3) is 0 Å². The van der Waals surface area contributed by atoms with Gasteiger partial charge in [-0.2, -0.15) is 0 Å². The van der Waals surface area contributed by atoms with Crippen LogP contribution in [-0.2, 0) is 16.1 Å². The van der Waals surface area contributed by atoms with Crippen molar-refractivity contribution in [3.8, 4) is 5.75 Å². The number of carbonyl (C=O) groups is 2. The number of likely N-dealkylation sites (tertiary alicyclic amines) is 1. The van der Waals surface area contributed by atoms with Crippen molar-refractivity contribution in [2.45, 2.75) is 38.8 Å². The summed E-state index contributed by atoms with van der Waals surface area (Å²) < 4.78 is 7.19. The van der Waals surface area contributed by atoms with Crippen LogP contribution in [0.25, 0.3) is 4.96 Å². The number of ether oxygens (including phenoxy) is 1. The van der Waals surface area contributed by atoms with Crippen LogP contribution in [0.2, 0.25) is 5.15 Å². The van der Waals surface area contributed by atoms with Crippen LogP contribution in [0.5, 0.6) is 5.75 Å². The van der Waals surface area contributed by atoms with Crippen LogP contribution in [0, 0.1) is 5.92 Å². The predicted molar refractivity (Wildman–Crippen MR) is 125 cm³/mol. The van der Waals surface area contributed by atoms with E-state index in [2.05, 4.69) is 11.9 Å². The summed E-state index contributed by atoms with van der Waals surface area (Å²) in [5, 5.41) is 2.33. The molecular weight excluding hydrogens is 448 g/mol. The van der Waals surface area contributed by atoms with E-state index in [0.29, 0.717) is 18.2 Å². The highest BCUT2D eigenvalue weighted by Gasteiger charge is 2.45. The number of thiazole rings is 1. The summed E-state index contributed by atoms with van der Waals surface area (Å²) in [6.45, 7) is 3.06. The van der Waals surface area contributed by atoms with E-state index in [0.717, 1.165) is 34.8 Å². The van der Waals surface area contributed by atoms with Crippen molar-refractivity contribution in [2.75, 3.05) is 20.7 Å². The first-order valence-corrected chi connectivity index (χ1v) is 12.0. The number of amides is 2. The quantitative estimate of drug-likeness (QED) is 0.485. The normalized spacial score (nSPS) is 18.5. The Morgan fingerprint density at radius 3 is 2.78 bits per heavy atom. The lowest BCUT2D eigenvalue weighted by molar-refractivity contribution is -0.135. The van der Waals surface area contributed by atoms with E-state index >= 15 is 0 Å². The van der Waals surface area contributed by atoms with Gasteiger partial charge in [0, 0.05) is 31.6 Å². The van der Waals surface area contributed by atoms with Gasteiger partial charge in [0.05, 0.1) is 31.3 Å². The highest BCUT2D eigenvalue weighted by molar-refractivity contribution is 7.15. The number of methoxy groups -OCH3 is 1. The van der Waals surface area contributed by atoms with E-state index in [4.69, 9.17) is 16.3 Å². The maximum Gasteiger partial charge on any atom is 0.228 e. The van der Waals surface area contributed by atoms with Crippen LogP contribution in [0.1, 0.15) is 43.5 Å². The van der Waals surface area contributed by atoms with Crippen LogP contribution < -0.4 is 4.74 Å². The molecule has 1 saturated heterocycles. The zero-order valence-corrected chi connectivity index (χ0v) is 20.0. The maximum atomic E-state index is 13.6. The molecule has 0 saturated carbocycles. The Kier molecular flexibility index (Phi) is 6.71. The molecule has 2 atom stereocenters. The SMILES string of the molecule is CCCCN1C(=O)C[C@H](C(=O)N(C)Cc2c(Cl)nc3sccn23)[C@H]1c1ccc(OC)cc1. The molecule has 2 aromatic heterocycles. The molecule has 32 heavy (non-hydrogen) atoms. The first-order valence-electron chi connectivity index (χ1n) is 10.7. The molecule has 1 fully saturated rings. The van der Waals surface area contributed by atoms with Crippen molar-refractivity contribution in [1.82, 2.24) is 19.2 Å². The molecule has 0 spiro atoms. The number of hydrogen-bond donors (Lipinski definition) is 0. The van der Waals surface area contributed by atoms with E-state index in [-0.39, 0.29) is 24.3 Å². The lowest BCUT2D eigenvalue weighted by atomic mass is 9.92. The van der Waals surface area contributed by atoms with Gasteiger partial charge in [0.1, 0.15) is 5.75 Å². The van der Waals surface area contributed by atoms with E-state index in [9.17, 15) is 9.59 Å². The van der Waals surface area contributed by atoms with Gasteiger partial charge in [-0.3, -0.25) is 14.0 Å². The molecule has 9 heteroatoms. The number of imidazole rings is 1. The first kappa shape index (κ1) is 22.6. The highest BCUT2D eigenvalue weighted by Crippen LogP contribution is 2.40. The molecule has 1 aromatic carbocycles. The number of halogens is 1. The van der Waals surface area contributed by atoms with Crippen LogP contribution in [0.15, 0.2) is 35.8 Å². The average molecular weight is 475 g/mol. The minimum atomic E-state index is -0.456. The maximum absolute atomic E-state index is 13.6. The summed E-state index contributed by atoms with van der Waals surface area (Å²) in [7, 11) is 3.38. The van der Waals surface area contributed by atoms with Crippen LogP contribution in [0.3, 0.4) is 0 Å². The van der Waals surface area contributed by atoms with Crippen molar-refractivity contribution in [3.63, 3.8) is 0 Å². The summed E-state index contributed by atoms with van der Waals surface area (Å²) in [6, 6.07) is 7.35. The fraction of sp³-hybridized carbons (Fsp3) is 0.435. The minimum Gasteiger partial charge on any atom is -0.497 e. The fourth-order valence-electron chi connectivity index (χ4n) is 4.35. The molecule has 170 valence electrons. The van der Waals surface area contributed by atoms with Crippen molar-refractivity contribution in [2.24, 2.45) is 5.92 Å². The molecule has 4 rings (SSSR count). The van der Waals surface area contributed by atoms with Gasteiger partial charge in [-0.1, -0.05) is 37.1 Å². The van der Waals surface area contributed by atoms with E-state index in [1.807, 2.05) is 45.1 Å². The van der Waals surface area contributed by atoms with E-state index < -0.39 is 5.92 Å². The van der Waals surface area contributed by atoms with E-state index in [1.54, 1.807) is 19.1 Å². The zero-order chi connectivity index (χ0) is 22.8. The van der Waals surface area contributed by atoms with Gasteiger partial charge in [0.15, 0.2) is 10.1 Å². The van der Waals surface area contributed by atoms with Gasteiger partial charge < -0.3 is 14.5 Å². The number of carbonyl (C=O) groups excluding carboxylic acids is 2. The molecule has 1 aliphatic rings. The lowest BCUT2D eigenvalue weighted by Gasteiger charge is -2.30. The average Bonchev–Trinajstić information content (AvgIpc) is 3.46. The molecule has 0 N–H and O–H groups in total. The molecule has 3 aromatic rings. The molecule has 0 aliphatic carbocycles. The third kappa shape index (κ3) is 4.21. The van der Waals surface area contributed by atoms with Crippen molar-refractivity contribution in [1.29, 1.82) is 0 Å². The lowest BCUT2D eigenvalue weighted by Crippen LogP contribution is -2.37. The molecule has 2 amide bonds. The number of aromatic nitrogens is 2. The Labute approximate surface area is 196 Å². The van der Waals surface area contributed by atoms with Gasteiger partial charge in [-0.25, -0.2) is 4.98 Å². The van der Waals surface area contributed by atoms with Gasteiger partial charge in [-0.15, -0.1) is 11.3 Å². The number of fused-ring (bicyclic) bond motifs is 1. The molecule has 0 radical (unpaired) electrons. The Hall–Kier alpha value is -2.58. The molecule has 1 aliphatic heterocycles. The summed E-state index contributed by atoms with van der Waals surface area (Å²) in [4.78, 5) is 35.2. The van der Waals surface area contributed by atoms with Crippen LogP contribution >= 0.6 is 22.9 Å². The Morgan fingerprint density at radius 1 is 1.34 bits per heavy atom. The Balaban J connectivity index is 1.61. The molecule has 0 bridgehead atoms. The second-order valence-electron chi connectivity index (χ2n) is 8.07. The standard InChI is InChI=1S/C23H27ClN4O3S/c1-4-5-10-28-19(29)13-17(20(28)15-6-8-16(31-3)9-7-15)22(30)26(2)14-18-21(24)25-23-27(18)11-12-32-23/h6-9,11-12,17,20H,4-5,10,13-14H2,1-3H3/t17-,20+/m0/s1. The summed E-state index contributed by atoms with van der Waals surface area (Å²) in [6.07, 6.45) is 3.99. The highest BCUT2D eigenvalue weighted by atomic mass is 35.5. The second-order valence-corrected chi connectivity index (χ2v) is 9.30. The second kappa shape index (κ2) is 9.50. The summed E-state index contributed by atoms with van der Waals surface area (Å²) in [5.41, 5.74) is 1.72. The minimum absolute atomic E-state index is 0.0219. The number of rotatable bonds is 8. The summed E-state index contributed by atoms with van der Waals surface area (Å²) >= 11 is 7.83. The third-order valence-corrected chi connectivity index (χ3v) is 7.09. The first-order chi connectivity index (χ1) is 15.4. The monoisotopic (exact) mass is 474 g/mol. The van der Waals surface area contributed by atoms with Gasteiger partial charge in [0.2, 0.25) is 11.8 Å². The zero-order valence-electron chi connectivity index (χ0n) is 18.5. The molecule has 7 nitrogen and oxygen atoms in total. The third-order valence-electron chi connectivity index (χ3n) is 6.03. The topological polar surface area (TPSA) is 67.2 Å². The van der Waals surface area contributed by atoms with Crippen molar-refractivity contribution >= 4 is 39.7 Å². The number of nitrogens with zero attached hydrogens (tertiary/aromatic N) is 4. The number of benzene rings is 1. The number of unbranched alkanes of at least 4 members (excludes halogenated alkanes) is 1. The largest absolute Gasteiger partial charge is 0.497 e. The molecule has 0 unspecified atom stereocenters. The number of hydrogen-bond acceptors (Lipinski definition) is 5. The van der Waals surface area contributed by atoms with Gasteiger partial charge >= 0.3 is 0 Å². The van der Waals surface area contributed by atoms with Gasteiger partial charge in [-0.05, 0) is 24.1 Å². The van der Waals surface area contributed by atoms with Crippen LogP contribution in [0.4, 0.5) is 0 Å². The Bertz CT molecular complexity index is 1110. The van der Waals surface area contributed by atoms with E-state index in [1.165, 1.54) is 11.3 Å². The molecule has 3 heterocycles. The summed E-state index contributed by atoms with van der Waals surface area (Å²) in [5.74, 6) is 0.240. The fourth-order valence-corrected chi connectivity index (χ4v) is 5.36. The Morgan fingerprint density at radius 2 is 2.09 bits per heavy atom.